The molecule has 1 aromatic carbocycles. The molecule has 18 heavy (non-hydrogen) atoms. The summed E-state index contributed by atoms with van der Waals surface area (Å²) in [6.07, 6.45) is 0.317. The summed E-state index contributed by atoms with van der Waals surface area (Å²) in [6, 6.07) is 4.41. The molecule has 4 heteroatoms. The monoisotopic (exact) mass is 247 g/mol. The minimum absolute atomic E-state index is 0.108. The molecule has 0 radical (unpaired) electrons. The van der Waals surface area contributed by atoms with E-state index < -0.39 is 5.91 Å². The third kappa shape index (κ3) is 3.03. The summed E-state index contributed by atoms with van der Waals surface area (Å²) in [6.45, 7) is 5.25. The summed E-state index contributed by atoms with van der Waals surface area (Å²) in [5, 5.41) is 0. The lowest BCUT2D eigenvalue weighted by Crippen LogP contribution is -2.15. The van der Waals surface area contributed by atoms with E-state index in [4.69, 9.17) is 5.73 Å². The smallest absolute Gasteiger partial charge is 0.248 e. The Balaban J connectivity index is 3.35. The quantitative estimate of drug-likeness (QED) is 0.810. The Bertz CT molecular complexity index is 504. The zero-order valence-corrected chi connectivity index (χ0v) is 10.8. The lowest BCUT2D eigenvalue weighted by atomic mass is 9.95. The molecule has 0 aliphatic rings. The minimum atomic E-state index is -0.640. The van der Waals surface area contributed by atoms with Crippen molar-refractivity contribution in [1.82, 2.24) is 0 Å². The molecule has 0 atom stereocenters. The molecule has 0 spiro atoms. The number of ketones is 2. The molecular weight excluding hydrogens is 230 g/mol. The summed E-state index contributed by atoms with van der Waals surface area (Å²) in [5.41, 5.74) is 6.12. The SMILES string of the molecule is CCC(=O)c1cc(C(N)=O)cc(C(=O)C(C)C)c1. The van der Waals surface area contributed by atoms with E-state index in [1.54, 1.807) is 20.8 Å². The predicted octanol–water partition coefficient (Wildman–Crippen LogP) is 2.22. The minimum Gasteiger partial charge on any atom is -0.366 e. The van der Waals surface area contributed by atoms with E-state index in [1.165, 1.54) is 18.2 Å². The van der Waals surface area contributed by atoms with Gasteiger partial charge in [0, 0.05) is 29.0 Å². The first-order valence-electron chi connectivity index (χ1n) is 5.89. The maximum Gasteiger partial charge on any atom is 0.248 e. The molecule has 0 unspecified atom stereocenters. The second-order valence-electron chi connectivity index (χ2n) is 4.46. The summed E-state index contributed by atoms with van der Waals surface area (Å²) in [5.74, 6) is -1.06. The first-order valence-corrected chi connectivity index (χ1v) is 5.89. The highest BCUT2D eigenvalue weighted by Crippen LogP contribution is 2.15. The molecular formula is C14H17NO3. The third-order valence-corrected chi connectivity index (χ3v) is 2.67. The molecule has 0 bridgehead atoms. The standard InChI is InChI=1S/C14H17NO3/c1-4-12(16)9-5-10(13(17)8(2)3)7-11(6-9)14(15)18/h5-8H,4H2,1-3H3,(H2,15,18). The molecule has 96 valence electrons. The van der Waals surface area contributed by atoms with Crippen LogP contribution >= 0.6 is 0 Å². The molecule has 0 aromatic heterocycles. The number of hydrogen-bond donors (Lipinski definition) is 1. The van der Waals surface area contributed by atoms with Crippen LogP contribution in [0, 0.1) is 5.92 Å². The zero-order valence-electron chi connectivity index (χ0n) is 10.8. The van der Waals surface area contributed by atoms with E-state index in [0.717, 1.165) is 0 Å². The molecule has 0 aliphatic carbocycles. The van der Waals surface area contributed by atoms with E-state index in [-0.39, 0.29) is 23.0 Å². The highest BCUT2D eigenvalue weighted by atomic mass is 16.1. The van der Waals surface area contributed by atoms with E-state index in [9.17, 15) is 14.4 Å². The molecule has 1 rings (SSSR count). The van der Waals surface area contributed by atoms with Gasteiger partial charge in [0.15, 0.2) is 11.6 Å². The molecule has 1 aromatic rings. The maximum atomic E-state index is 11.9. The molecule has 0 fully saturated rings. The van der Waals surface area contributed by atoms with Crippen molar-refractivity contribution in [3.63, 3.8) is 0 Å². The van der Waals surface area contributed by atoms with Crippen LogP contribution in [0.4, 0.5) is 0 Å². The number of amides is 1. The second kappa shape index (κ2) is 5.58. The van der Waals surface area contributed by atoms with Crippen LogP contribution in [0.3, 0.4) is 0 Å². The fraction of sp³-hybridized carbons (Fsp3) is 0.357. The van der Waals surface area contributed by atoms with Crippen molar-refractivity contribution >= 4 is 17.5 Å². The lowest BCUT2D eigenvalue weighted by molar-refractivity contribution is 0.0939. The topological polar surface area (TPSA) is 77.2 Å². The highest BCUT2D eigenvalue weighted by molar-refractivity contribution is 6.05. The molecule has 0 saturated heterocycles. The van der Waals surface area contributed by atoms with Crippen molar-refractivity contribution in [1.29, 1.82) is 0 Å². The fourth-order valence-corrected chi connectivity index (χ4v) is 1.61. The Morgan fingerprint density at radius 1 is 1.06 bits per heavy atom. The van der Waals surface area contributed by atoms with Gasteiger partial charge in [-0.25, -0.2) is 0 Å². The lowest BCUT2D eigenvalue weighted by Gasteiger charge is -2.08. The summed E-state index contributed by atoms with van der Waals surface area (Å²) in [4.78, 5) is 34.8. The molecule has 0 saturated carbocycles. The van der Waals surface area contributed by atoms with Crippen LogP contribution in [0.25, 0.3) is 0 Å². The van der Waals surface area contributed by atoms with Gasteiger partial charge in [0.25, 0.3) is 0 Å². The van der Waals surface area contributed by atoms with Gasteiger partial charge in [-0.2, -0.15) is 0 Å². The second-order valence-corrected chi connectivity index (χ2v) is 4.46. The summed E-state index contributed by atoms with van der Waals surface area (Å²) < 4.78 is 0. The van der Waals surface area contributed by atoms with Gasteiger partial charge in [-0.15, -0.1) is 0 Å². The van der Waals surface area contributed by atoms with Gasteiger partial charge in [0.2, 0.25) is 5.91 Å². The van der Waals surface area contributed by atoms with Gasteiger partial charge in [0.1, 0.15) is 0 Å². The number of hydrogen-bond acceptors (Lipinski definition) is 3. The van der Waals surface area contributed by atoms with Gasteiger partial charge in [-0.05, 0) is 18.2 Å². The average Bonchev–Trinajstić information content (AvgIpc) is 2.35. The number of carbonyl (C=O) groups is 3. The van der Waals surface area contributed by atoms with E-state index in [2.05, 4.69) is 0 Å². The van der Waals surface area contributed by atoms with Gasteiger partial charge in [0.05, 0.1) is 0 Å². The normalized spacial score (nSPS) is 10.4. The van der Waals surface area contributed by atoms with Gasteiger partial charge in [-0.1, -0.05) is 20.8 Å². The van der Waals surface area contributed by atoms with Crippen LogP contribution in [0.2, 0.25) is 0 Å². The number of carbonyl (C=O) groups excluding carboxylic acids is 3. The number of rotatable bonds is 5. The van der Waals surface area contributed by atoms with Crippen molar-refractivity contribution in [2.24, 2.45) is 11.7 Å². The Morgan fingerprint density at radius 3 is 2.00 bits per heavy atom. The Hall–Kier alpha value is -1.97. The van der Waals surface area contributed by atoms with Crippen LogP contribution in [0.1, 0.15) is 58.3 Å². The van der Waals surface area contributed by atoms with Crippen LogP contribution < -0.4 is 5.73 Å². The molecule has 1 amide bonds. The molecule has 0 aliphatic heterocycles. The molecule has 0 heterocycles. The van der Waals surface area contributed by atoms with Crippen molar-refractivity contribution in [3.8, 4) is 0 Å². The van der Waals surface area contributed by atoms with Crippen molar-refractivity contribution in [2.45, 2.75) is 27.2 Å². The number of benzene rings is 1. The average molecular weight is 247 g/mol. The van der Waals surface area contributed by atoms with E-state index in [1.807, 2.05) is 0 Å². The number of primary amides is 1. The largest absolute Gasteiger partial charge is 0.366 e. The Labute approximate surface area is 106 Å². The maximum absolute atomic E-state index is 11.9. The fourth-order valence-electron chi connectivity index (χ4n) is 1.61. The molecule has 4 nitrogen and oxygen atoms in total. The molecule has 2 N–H and O–H groups in total. The highest BCUT2D eigenvalue weighted by Gasteiger charge is 2.16. The number of nitrogens with two attached hydrogens (primary N) is 1. The van der Waals surface area contributed by atoms with Crippen molar-refractivity contribution < 1.29 is 14.4 Å². The predicted molar refractivity (Wildman–Crippen MR) is 68.7 cm³/mol. The van der Waals surface area contributed by atoms with Gasteiger partial charge in [-0.3, -0.25) is 14.4 Å². The van der Waals surface area contributed by atoms with Crippen molar-refractivity contribution in [2.75, 3.05) is 0 Å². The summed E-state index contributed by atoms with van der Waals surface area (Å²) in [7, 11) is 0. The van der Waals surface area contributed by atoms with Gasteiger partial charge >= 0.3 is 0 Å². The number of Topliss-reactive ketones (excluding diaryl/α,β-unsaturated/α-hetero) is 2. The van der Waals surface area contributed by atoms with E-state index in [0.29, 0.717) is 17.5 Å². The first kappa shape index (κ1) is 14.1. The summed E-state index contributed by atoms with van der Waals surface area (Å²) >= 11 is 0. The van der Waals surface area contributed by atoms with Crippen molar-refractivity contribution in [3.05, 3.63) is 34.9 Å². The van der Waals surface area contributed by atoms with E-state index >= 15 is 0 Å². The first-order chi connectivity index (χ1) is 8.36. The van der Waals surface area contributed by atoms with Crippen LogP contribution in [0.5, 0.6) is 0 Å². The Kier molecular flexibility index (Phi) is 4.37. The van der Waals surface area contributed by atoms with Crippen LogP contribution in [-0.2, 0) is 0 Å². The Morgan fingerprint density at radius 2 is 1.56 bits per heavy atom. The third-order valence-electron chi connectivity index (χ3n) is 2.67. The van der Waals surface area contributed by atoms with Crippen LogP contribution in [0.15, 0.2) is 18.2 Å². The zero-order chi connectivity index (χ0) is 13.9. The van der Waals surface area contributed by atoms with Crippen LogP contribution in [-0.4, -0.2) is 17.5 Å². The van der Waals surface area contributed by atoms with Gasteiger partial charge < -0.3 is 5.73 Å².